The largest absolute Gasteiger partial charge is 0.737 e. The minimum Gasteiger partial charge on any atom is -0.497 e. The van der Waals surface area contributed by atoms with Crippen LogP contribution in [0.15, 0.2) is 125 Å². The van der Waals surface area contributed by atoms with Crippen molar-refractivity contribution in [2.75, 3.05) is 65.1 Å². The molecule has 0 radical (unpaired) electrons. The number of para-hydroxylation sites is 2. The molecule has 6 heterocycles. The van der Waals surface area contributed by atoms with E-state index in [0.29, 0.717) is 96.6 Å². The number of hydrogen-bond acceptors (Lipinski definition) is 12. The Kier molecular flexibility index (Phi) is 17.8. The van der Waals surface area contributed by atoms with Crippen molar-refractivity contribution in [2.24, 2.45) is 0 Å². The van der Waals surface area contributed by atoms with E-state index in [4.69, 9.17) is 18.9 Å². The van der Waals surface area contributed by atoms with Gasteiger partial charge in [0, 0.05) is 68.5 Å². The number of carbonyl (C=O) groups excluding carboxylic acids is 4. The highest BCUT2D eigenvalue weighted by molar-refractivity contribution is 7.12. The normalized spacial score (nSPS) is 13.4. The first-order valence-electron chi connectivity index (χ1n) is 25.5. The van der Waals surface area contributed by atoms with Crippen LogP contribution in [0, 0.1) is 0 Å². The van der Waals surface area contributed by atoms with Crippen molar-refractivity contribution in [2.45, 2.75) is 38.5 Å². The maximum absolute atomic E-state index is 16.1. The zero-order valence-corrected chi connectivity index (χ0v) is 43.5. The number of anilines is 1. The zero-order valence-electron chi connectivity index (χ0n) is 42.7. The molecule has 4 amide bonds. The summed E-state index contributed by atoms with van der Waals surface area (Å²) in [6.07, 6.45) is 10.9. The lowest BCUT2D eigenvalue weighted by atomic mass is 9.90. The second-order valence-electron chi connectivity index (χ2n) is 18.1. The first-order valence-corrected chi connectivity index (χ1v) is 26.4. The van der Waals surface area contributed by atoms with Crippen molar-refractivity contribution in [1.29, 1.82) is 0 Å². The Hall–Kier alpha value is -8.54. The van der Waals surface area contributed by atoms with Gasteiger partial charge in [-0.2, -0.15) is 4.68 Å². The summed E-state index contributed by atoms with van der Waals surface area (Å²) in [5, 5.41) is 17.4. The molecule has 3 aromatic carbocycles. The summed E-state index contributed by atoms with van der Waals surface area (Å²) >= 11 is 1.42. The first kappa shape index (κ1) is 54.3. The standard InChI is InChI=1S/C55H57BF2N10O9S/c1-74-43-23-18-40(19-24-43)68-55(73)65-46-9-5-4-8-45(46)62-53(54(65)64-68)63-51(71)27-26-50(70)61-30-32-76-34-33-75-31-29-60-49(69)11-3-2-6-28-59-52(72)37-77-44-21-13-38(14-22-44)12-15-39-16-17-41-36-42-20-25-47(48-10-7-35-78-48)67(42)56(57,58)66(39)41/h4-5,7-10,12-25,35-36H,2-3,6,11,26-34,37H2,1H3,(H,59,72)(H,60,69)(H,61,70)(H,62,63,71)/b15-12+. The zero-order chi connectivity index (χ0) is 54.4. The first-order chi connectivity index (χ1) is 38.0. The highest BCUT2D eigenvalue weighted by Gasteiger charge is 2.52. The van der Waals surface area contributed by atoms with Gasteiger partial charge in [0.05, 0.1) is 55.1 Å². The lowest BCUT2D eigenvalue weighted by Gasteiger charge is -2.30. The summed E-state index contributed by atoms with van der Waals surface area (Å²) in [6.45, 7) is -2.17. The Morgan fingerprint density at radius 3 is 2.19 bits per heavy atom. The number of nitrogens with one attached hydrogen (secondary N) is 4. The molecule has 0 aliphatic carbocycles. The molecule has 0 saturated carbocycles. The number of nitrogens with zero attached hydrogens (tertiary/aromatic N) is 6. The minimum atomic E-state index is -4.14. The maximum Gasteiger partial charge on any atom is 0.737 e. The van der Waals surface area contributed by atoms with Gasteiger partial charge in [0.15, 0.2) is 23.8 Å². The Balaban J connectivity index is 0.575. The van der Waals surface area contributed by atoms with Crippen LogP contribution in [0.2, 0.25) is 0 Å². The third-order valence-electron chi connectivity index (χ3n) is 12.7. The number of amides is 4. The van der Waals surface area contributed by atoms with Gasteiger partial charge in [-0.25, -0.2) is 14.2 Å². The molecule has 78 heavy (non-hydrogen) atoms. The van der Waals surface area contributed by atoms with E-state index in [2.05, 4.69) is 31.3 Å². The molecule has 0 fully saturated rings. The molecule has 4 aromatic heterocycles. The summed E-state index contributed by atoms with van der Waals surface area (Å²) in [6, 6.07) is 27.9. The number of carbonyl (C=O) groups is 4. The minimum absolute atomic E-state index is 0.0840. The molecule has 2 aliphatic rings. The Morgan fingerprint density at radius 2 is 1.45 bits per heavy atom. The molecule has 404 valence electrons. The number of unbranched alkanes of at least 4 members (excludes halogenated alkanes) is 2. The van der Waals surface area contributed by atoms with Gasteiger partial charge in [0.1, 0.15) is 11.5 Å². The molecule has 23 heteroatoms. The molecule has 0 atom stereocenters. The van der Waals surface area contributed by atoms with E-state index < -0.39 is 18.6 Å². The summed E-state index contributed by atoms with van der Waals surface area (Å²) in [4.78, 5) is 69.0. The quantitative estimate of drug-likeness (QED) is 0.0324. The Labute approximate surface area is 450 Å². The lowest BCUT2D eigenvalue weighted by molar-refractivity contribution is -0.360. The number of benzene rings is 3. The van der Waals surface area contributed by atoms with Crippen LogP contribution in [0.5, 0.6) is 11.5 Å². The fourth-order valence-electron chi connectivity index (χ4n) is 8.86. The number of allylic oxidation sites excluding steroid dienone is 2. The van der Waals surface area contributed by atoms with E-state index in [1.54, 1.807) is 122 Å². The number of ether oxygens (including phenoxy) is 4. The van der Waals surface area contributed by atoms with E-state index in [-0.39, 0.29) is 68.4 Å². The van der Waals surface area contributed by atoms with Crippen molar-refractivity contribution in [3.8, 4) is 17.2 Å². The molecule has 9 rings (SSSR count). The molecule has 19 nitrogen and oxygen atoms in total. The highest BCUT2D eigenvalue weighted by atomic mass is 32.1. The van der Waals surface area contributed by atoms with Crippen LogP contribution < -0.4 is 36.4 Å². The maximum atomic E-state index is 16.1. The van der Waals surface area contributed by atoms with Crippen LogP contribution in [0.1, 0.15) is 60.4 Å². The number of thiophene rings is 1. The molecule has 0 unspecified atom stereocenters. The smallest absolute Gasteiger partial charge is 0.497 e. The predicted octanol–water partition coefficient (Wildman–Crippen LogP) is 6.46. The molecule has 0 saturated heterocycles. The average molecular weight is 1080 g/mol. The van der Waals surface area contributed by atoms with E-state index in [1.165, 1.54) is 20.4 Å². The van der Waals surface area contributed by atoms with Crippen molar-refractivity contribution in [1.82, 2.24) is 39.6 Å². The number of hydrogen-bond donors (Lipinski definition) is 4. The molecule has 7 aromatic rings. The molecule has 2 aliphatic heterocycles. The molecular weight excluding hydrogens is 1030 g/mol. The summed E-state index contributed by atoms with van der Waals surface area (Å²) < 4.78 is 59.0. The fourth-order valence-corrected chi connectivity index (χ4v) is 9.61. The number of aromatic nitrogens is 5. The topological polar surface area (TPSA) is 213 Å². The van der Waals surface area contributed by atoms with E-state index in [9.17, 15) is 24.0 Å². The van der Waals surface area contributed by atoms with Crippen molar-refractivity contribution < 1.29 is 51.2 Å². The molecule has 0 bridgehead atoms. The van der Waals surface area contributed by atoms with Crippen molar-refractivity contribution in [3.05, 3.63) is 153 Å². The fraction of sp³-hybridized carbons (Fsp3) is 0.273. The van der Waals surface area contributed by atoms with Gasteiger partial charge in [-0.05, 0) is 96.6 Å². The van der Waals surface area contributed by atoms with Crippen LogP contribution in [-0.4, -0.2) is 124 Å². The van der Waals surface area contributed by atoms with Crippen molar-refractivity contribution >= 4 is 88.4 Å². The Bertz CT molecular complexity index is 3480. The number of rotatable bonds is 27. The van der Waals surface area contributed by atoms with Crippen LogP contribution in [0.3, 0.4) is 0 Å². The monoisotopic (exact) mass is 1080 g/mol. The summed E-state index contributed by atoms with van der Waals surface area (Å²) in [7, 11) is 1.55. The van der Waals surface area contributed by atoms with Gasteiger partial charge in [-0.3, -0.25) is 19.2 Å². The van der Waals surface area contributed by atoms with Crippen LogP contribution in [-0.2, 0) is 28.7 Å². The third-order valence-corrected chi connectivity index (χ3v) is 13.6. The third kappa shape index (κ3) is 13.2. The average Bonchev–Trinajstić information content (AvgIpc) is 4.44. The summed E-state index contributed by atoms with van der Waals surface area (Å²) in [5.74, 6) is 0.00969. The van der Waals surface area contributed by atoms with Gasteiger partial charge < -0.3 is 57.8 Å². The predicted molar refractivity (Wildman–Crippen MR) is 294 cm³/mol. The molecule has 4 N–H and O–H groups in total. The molecular formula is C55H57BF2N10O9S. The van der Waals surface area contributed by atoms with Gasteiger partial charge in [-0.1, -0.05) is 42.8 Å². The highest BCUT2D eigenvalue weighted by Crippen LogP contribution is 2.35. The molecule has 0 spiro atoms. The van der Waals surface area contributed by atoms with E-state index in [1.807, 2.05) is 17.5 Å². The van der Waals surface area contributed by atoms with Crippen molar-refractivity contribution in [3.63, 3.8) is 0 Å². The van der Waals surface area contributed by atoms with Gasteiger partial charge in [-0.15, -0.1) is 16.4 Å². The second kappa shape index (κ2) is 25.5. The number of fused-ring (bicyclic) bond motifs is 5. The SMILES string of the molecule is COc1ccc(-n2nc3c(NC(=O)CCC(=O)NCCOCCOCCNC(=O)CCCCCNC(=O)COc4ccc(/C=C/c5ccc6n5[B-](F)(F)[N+]5=C(c7cccs7)C=CC5=C6)cc4)nc4ccccc4n3c2=O)cc1. The van der Waals surface area contributed by atoms with E-state index in [0.717, 1.165) is 25.8 Å². The van der Waals surface area contributed by atoms with Crippen LogP contribution in [0.25, 0.3) is 40.6 Å². The van der Waals surface area contributed by atoms with Crippen LogP contribution >= 0.6 is 11.3 Å². The van der Waals surface area contributed by atoms with Gasteiger partial charge in [0.25, 0.3) is 5.91 Å². The van der Waals surface area contributed by atoms with Crippen LogP contribution in [0.4, 0.5) is 14.4 Å². The van der Waals surface area contributed by atoms with Gasteiger partial charge >= 0.3 is 12.7 Å². The lowest BCUT2D eigenvalue weighted by Crippen LogP contribution is -2.50. The van der Waals surface area contributed by atoms with E-state index >= 15 is 8.63 Å². The summed E-state index contributed by atoms with van der Waals surface area (Å²) in [5.41, 5.74) is 3.73. The number of halogens is 2. The number of methoxy groups -OCH3 is 1. The van der Waals surface area contributed by atoms with Gasteiger partial charge in [0.2, 0.25) is 23.4 Å². The second-order valence-corrected chi connectivity index (χ2v) is 19.0. The Morgan fingerprint density at radius 1 is 0.731 bits per heavy atom.